The van der Waals surface area contributed by atoms with E-state index in [0.717, 1.165) is 16.5 Å². The van der Waals surface area contributed by atoms with Crippen molar-refractivity contribution >= 4 is 34.2 Å². The summed E-state index contributed by atoms with van der Waals surface area (Å²) in [5.74, 6) is 0.890. The molecular weight excluding hydrogens is 332 g/mol. The van der Waals surface area contributed by atoms with Crippen LogP contribution in [-0.2, 0) is 0 Å². The fourth-order valence-electron chi connectivity index (χ4n) is 2.71. The van der Waals surface area contributed by atoms with Crippen LogP contribution in [0.3, 0.4) is 0 Å². The topological polar surface area (TPSA) is 108 Å². The number of para-hydroxylation sites is 1. The second kappa shape index (κ2) is 6.32. The lowest BCUT2D eigenvalue weighted by Gasteiger charge is -2.02. The summed E-state index contributed by atoms with van der Waals surface area (Å²) < 4.78 is 5.05. The predicted octanol–water partition coefficient (Wildman–Crippen LogP) is 2.97. The van der Waals surface area contributed by atoms with E-state index in [-0.39, 0.29) is 11.7 Å². The van der Waals surface area contributed by atoms with Crippen LogP contribution in [0.15, 0.2) is 41.5 Å². The van der Waals surface area contributed by atoms with Crippen molar-refractivity contribution in [3.8, 4) is 11.5 Å². The number of nitrogens with one attached hydrogen (secondary N) is 2. The van der Waals surface area contributed by atoms with Crippen LogP contribution in [0.2, 0.25) is 0 Å². The monoisotopic (exact) mass is 348 g/mol. The Morgan fingerprint density at radius 1 is 1.23 bits per heavy atom. The Morgan fingerprint density at radius 3 is 2.92 bits per heavy atom. The zero-order valence-electron chi connectivity index (χ0n) is 14.2. The molecule has 0 aliphatic carbocycles. The van der Waals surface area contributed by atoms with E-state index >= 15 is 0 Å². The predicted molar refractivity (Wildman–Crippen MR) is 99.8 cm³/mol. The number of benzene rings is 2. The molecule has 8 heteroatoms. The van der Waals surface area contributed by atoms with Crippen molar-refractivity contribution in [1.29, 1.82) is 0 Å². The molecule has 3 N–H and O–H groups in total. The molecule has 0 saturated heterocycles. The molecule has 2 heterocycles. The Kier molecular flexibility index (Phi) is 3.85. The van der Waals surface area contributed by atoms with Gasteiger partial charge in [-0.2, -0.15) is 10.1 Å². The first-order valence-corrected chi connectivity index (χ1v) is 7.93. The third-order valence-electron chi connectivity index (χ3n) is 4.06. The van der Waals surface area contributed by atoms with Gasteiger partial charge in [-0.25, -0.2) is 5.43 Å². The number of rotatable bonds is 4. The summed E-state index contributed by atoms with van der Waals surface area (Å²) in [5.41, 5.74) is 6.71. The first-order valence-electron chi connectivity index (χ1n) is 7.93. The molecule has 26 heavy (non-hydrogen) atoms. The molecule has 0 saturated carbocycles. The number of anilines is 1. The highest BCUT2D eigenvalue weighted by molar-refractivity contribution is 6.04. The zero-order chi connectivity index (χ0) is 18.1. The Labute approximate surface area is 148 Å². The molecule has 8 nitrogen and oxygen atoms in total. The largest absolute Gasteiger partial charge is 0.507 e. The van der Waals surface area contributed by atoms with Crippen LogP contribution in [0, 0.1) is 6.92 Å². The van der Waals surface area contributed by atoms with Crippen LogP contribution < -0.4 is 10.2 Å². The summed E-state index contributed by atoms with van der Waals surface area (Å²) in [5, 5.41) is 23.2. The third-order valence-corrected chi connectivity index (χ3v) is 4.06. The quantitative estimate of drug-likeness (QED) is 0.386. The maximum absolute atomic E-state index is 9.92. The Bertz CT molecular complexity index is 1140. The lowest BCUT2D eigenvalue weighted by atomic mass is 10.1. The number of fused-ring (bicyclic) bond motifs is 3. The van der Waals surface area contributed by atoms with Gasteiger partial charge in [0, 0.05) is 17.0 Å². The highest BCUT2D eigenvalue weighted by Crippen LogP contribution is 2.25. The average Bonchev–Trinajstić information content (AvgIpc) is 3.02. The van der Waals surface area contributed by atoms with Crippen molar-refractivity contribution in [1.82, 2.24) is 20.2 Å². The van der Waals surface area contributed by atoms with E-state index in [2.05, 4.69) is 30.7 Å². The van der Waals surface area contributed by atoms with Crippen LogP contribution in [0.1, 0.15) is 11.1 Å². The van der Waals surface area contributed by atoms with Crippen LogP contribution in [0.5, 0.6) is 11.5 Å². The van der Waals surface area contributed by atoms with Crippen molar-refractivity contribution in [2.75, 3.05) is 12.5 Å². The van der Waals surface area contributed by atoms with Crippen LogP contribution in [0.25, 0.3) is 22.1 Å². The van der Waals surface area contributed by atoms with Crippen molar-refractivity contribution < 1.29 is 9.84 Å². The second-order valence-corrected chi connectivity index (χ2v) is 5.75. The fraction of sp³-hybridized carbons (Fsp3) is 0.111. The lowest BCUT2D eigenvalue weighted by molar-refractivity contribution is 0.407. The summed E-state index contributed by atoms with van der Waals surface area (Å²) in [4.78, 5) is 7.66. The molecule has 0 unspecified atom stereocenters. The Morgan fingerprint density at radius 2 is 2.12 bits per heavy atom. The minimum absolute atomic E-state index is 0.0653. The van der Waals surface area contributed by atoms with Gasteiger partial charge < -0.3 is 14.8 Å². The summed E-state index contributed by atoms with van der Waals surface area (Å²) >= 11 is 0. The van der Waals surface area contributed by atoms with E-state index < -0.39 is 0 Å². The number of aromatic amines is 1. The maximum Gasteiger partial charge on any atom is 0.265 e. The van der Waals surface area contributed by atoms with Crippen molar-refractivity contribution in [2.24, 2.45) is 5.10 Å². The normalized spacial score (nSPS) is 11.5. The molecule has 0 radical (unpaired) electrons. The van der Waals surface area contributed by atoms with Gasteiger partial charge in [-0.05, 0) is 24.6 Å². The molecule has 4 aromatic rings. The summed E-state index contributed by atoms with van der Waals surface area (Å²) in [7, 11) is 1.54. The third kappa shape index (κ3) is 2.77. The maximum atomic E-state index is 9.92. The number of aromatic nitrogens is 4. The van der Waals surface area contributed by atoms with Gasteiger partial charge in [-0.1, -0.05) is 18.2 Å². The summed E-state index contributed by atoms with van der Waals surface area (Å²) in [6.45, 7) is 2.02. The number of aryl methyl sites for hydroxylation is 1. The van der Waals surface area contributed by atoms with Crippen molar-refractivity contribution in [3.05, 3.63) is 47.5 Å². The number of methoxy groups -OCH3 is 1. The van der Waals surface area contributed by atoms with E-state index in [1.165, 1.54) is 19.4 Å². The number of aromatic hydroxyl groups is 1. The van der Waals surface area contributed by atoms with Gasteiger partial charge >= 0.3 is 0 Å². The van der Waals surface area contributed by atoms with Crippen molar-refractivity contribution in [2.45, 2.75) is 6.92 Å². The molecular formula is C18H16N6O2. The molecule has 2 aromatic heterocycles. The first-order chi connectivity index (χ1) is 12.7. The molecule has 0 aliphatic heterocycles. The van der Waals surface area contributed by atoms with Gasteiger partial charge in [-0.15, -0.1) is 10.2 Å². The first kappa shape index (κ1) is 15.8. The molecule has 4 rings (SSSR count). The fourth-order valence-corrected chi connectivity index (χ4v) is 2.71. The van der Waals surface area contributed by atoms with E-state index in [1.54, 1.807) is 12.1 Å². The minimum Gasteiger partial charge on any atom is -0.507 e. The van der Waals surface area contributed by atoms with E-state index in [1.807, 2.05) is 25.1 Å². The number of hydrogen-bond acceptors (Lipinski definition) is 7. The smallest absolute Gasteiger partial charge is 0.265 e. The highest BCUT2D eigenvalue weighted by Gasteiger charge is 2.10. The Balaban J connectivity index is 1.59. The molecule has 0 spiro atoms. The van der Waals surface area contributed by atoms with Crippen LogP contribution >= 0.6 is 0 Å². The molecule has 0 amide bonds. The number of H-pyrrole nitrogens is 1. The van der Waals surface area contributed by atoms with Crippen LogP contribution in [-0.4, -0.2) is 38.6 Å². The number of phenolic OH excluding ortho intramolecular Hbond substituents is 1. The number of hydrogen-bond donors (Lipinski definition) is 3. The molecule has 0 fully saturated rings. The van der Waals surface area contributed by atoms with Gasteiger partial charge in [0.15, 0.2) is 5.65 Å². The zero-order valence-corrected chi connectivity index (χ0v) is 14.2. The highest BCUT2D eigenvalue weighted by atomic mass is 16.5. The number of ether oxygens (including phenoxy) is 1. The van der Waals surface area contributed by atoms with Gasteiger partial charge in [0.25, 0.3) is 5.95 Å². The van der Waals surface area contributed by atoms with E-state index in [9.17, 15) is 5.11 Å². The van der Waals surface area contributed by atoms with Gasteiger partial charge in [0.1, 0.15) is 17.0 Å². The van der Waals surface area contributed by atoms with Gasteiger partial charge in [-0.3, -0.25) is 0 Å². The van der Waals surface area contributed by atoms with Gasteiger partial charge in [0.05, 0.1) is 18.8 Å². The van der Waals surface area contributed by atoms with Crippen molar-refractivity contribution in [3.63, 3.8) is 0 Å². The molecule has 0 aliphatic rings. The molecule has 130 valence electrons. The van der Waals surface area contributed by atoms with Gasteiger partial charge in [0.2, 0.25) is 0 Å². The standard InChI is InChI=1S/C18H16N6O2/c1-10-4-3-5-13-15(10)20-17-16(13)22-24-18(21-17)23-19-9-11-6-7-12(26-2)8-14(11)25/h3-9,25H,1-2H3,(H2,20,21,23,24)/b19-9-. The molecule has 2 aromatic carbocycles. The molecule has 0 bridgehead atoms. The van der Waals surface area contributed by atoms with Crippen LogP contribution in [0.4, 0.5) is 5.95 Å². The SMILES string of the molecule is COc1ccc(/C=N\Nc2nnc3c(n2)[nH]c2c(C)cccc23)c(O)c1. The molecule has 0 atom stereocenters. The van der Waals surface area contributed by atoms with E-state index in [0.29, 0.717) is 22.5 Å². The lowest BCUT2D eigenvalue weighted by Crippen LogP contribution is -1.99. The summed E-state index contributed by atoms with van der Waals surface area (Å²) in [6.07, 6.45) is 1.47. The summed E-state index contributed by atoms with van der Waals surface area (Å²) in [6, 6.07) is 10.9. The number of hydrazone groups is 1. The average molecular weight is 348 g/mol. The minimum atomic E-state index is 0.0653. The second-order valence-electron chi connectivity index (χ2n) is 5.75. The number of nitrogens with zero attached hydrogens (tertiary/aromatic N) is 4. The van der Waals surface area contributed by atoms with E-state index in [4.69, 9.17) is 4.74 Å². The number of phenols is 1. The Hall–Kier alpha value is -3.68.